The molecule has 0 unspecified atom stereocenters. The Kier molecular flexibility index (Phi) is 4.54. The zero-order valence-electron chi connectivity index (χ0n) is 13.3. The van der Waals surface area contributed by atoms with E-state index in [1.54, 1.807) is 6.07 Å². The number of hydrogen-bond acceptors (Lipinski definition) is 4. The number of carboxylic acids is 1. The Morgan fingerprint density at radius 1 is 1.15 bits per heavy atom. The minimum Gasteiger partial charge on any atom is -0.478 e. The smallest absolute Gasteiger partial charge is 0.416 e. The fourth-order valence-corrected chi connectivity index (χ4v) is 2.56. The molecule has 136 valence electrons. The maximum atomic E-state index is 12.8. The Labute approximate surface area is 145 Å². The number of ether oxygens (including phenoxy) is 1. The molecular weight excluding hydrogens is 353 g/mol. The van der Waals surface area contributed by atoms with Gasteiger partial charge in [-0.1, -0.05) is 0 Å². The number of aryl methyl sites for hydroxylation is 1. The Morgan fingerprint density at radius 3 is 2.62 bits per heavy atom. The van der Waals surface area contributed by atoms with Crippen molar-refractivity contribution in [2.45, 2.75) is 19.0 Å². The standard InChI is InChI=1S/C17H13F3N2O4/c18-17(19,20)10-4-5-11(12(8-10)16(24)25)14(23)21-13-6-3-9-2-1-7-26-15(9)22-13/h3-6,8H,1-2,7H2,(H,24,25)(H,21,22,23). The SMILES string of the molecule is O=C(O)c1cc(C(F)(F)F)ccc1C(=O)Nc1ccc2c(n1)OCCC2. The van der Waals surface area contributed by atoms with Gasteiger partial charge in [0.15, 0.2) is 0 Å². The van der Waals surface area contributed by atoms with Gasteiger partial charge in [0.25, 0.3) is 5.91 Å². The fourth-order valence-electron chi connectivity index (χ4n) is 2.56. The number of benzene rings is 1. The molecule has 1 aliphatic rings. The van der Waals surface area contributed by atoms with Gasteiger partial charge in [-0.3, -0.25) is 4.79 Å². The second kappa shape index (κ2) is 6.66. The molecule has 1 amide bonds. The van der Waals surface area contributed by atoms with Crippen molar-refractivity contribution >= 4 is 17.7 Å². The minimum atomic E-state index is -4.71. The molecule has 0 aliphatic carbocycles. The van der Waals surface area contributed by atoms with E-state index in [1.165, 1.54) is 6.07 Å². The van der Waals surface area contributed by atoms with E-state index < -0.39 is 34.7 Å². The zero-order chi connectivity index (χ0) is 18.9. The van der Waals surface area contributed by atoms with Crippen LogP contribution in [0.15, 0.2) is 30.3 Å². The van der Waals surface area contributed by atoms with Gasteiger partial charge >= 0.3 is 12.1 Å². The quantitative estimate of drug-likeness (QED) is 0.869. The summed E-state index contributed by atoms with van der Waals surface area (Å²) in [6, 6.07) is 5.17. The lowest BCUT2D eigenvalue weighted by atomic mass is 10.0. The first-order valence-corrected chi connectivity index (χ1v) is 7.64. The molecule has 26 heavy (non-hydrogen) atoms. The molecule has 6 nitrogen and oxygen atoms in total. The molecule has 2 heterocycles. The number of alkyl halides is 3. The topological polar surface area (TPSA) is 88.5 Å². The summed E-state index contributed by atoms with van der Waals surface area (Å²) in [4.78, 5) is 27.7. The Hall–Kier alpha value is -3.10. The van der Waals surface area contributed by atoms with E-state index in [0.29, 0.717) is 24.6 Å². The lowest BCUT2D eigenvalue weighted by Crippen LogP contribution is -2.19. The summed E-state index contributed by atoms with van der Waals surface area (Å²) >= 11 is 0. The molecule has 0 atom stereocenters. The third-order valence-electron chi connectivity index (χ3n) is 3.83. The molecule has 1 aromatic heterocycles. The summed E-state index contributed by atoms with van der Waals surface area (Å²) in [5, 5.41) is 11.5. The third-order valence-corrected chi connectivity index (χ3v) is 3.83. The van der Waals surface area contributed by atoms with Gasteiger partial charge < -0.3 is 15.2 Å². The van der Waals surface area contributed by atoms with Gasteiger partial charge in [0, 0.05) is 5.56 Å². The van der Waals surface area contributed by atoms with E-state index in [9.17, 15) is 22.8 Å². The number of nitrogens with zero attached hydrogens (tertiary/aromatic N) is 1. The third kappa shape index (κ3) is 3.61. The maximum absolute atomic E-state index is 12.8. The highest BCUT2D eigenvalue weighted by atomic mass is 19.4. The van der Waals surface area contributed by atoms with Gasteiger partial charge in [-0.25, -0.2) is 4.79 Å². The molecular formula is C17H13F3N2O4. The van der Waals surface area contributed by atoms with E-state index in [1.807, 2.05) is 0 Å². The zero-order valence-corrected chi connectivity index (χ0v) is 13.3. The Morgan fingerprint density at radius 2 is 1.92 bits per heavy atom. The molecule has 2 N–H and O–H groups in total. The number of carboxylic acid groups (broad SMARTS) is 1. The van der Waals surface area contributed by atoms with Crippen molar-refractivity contribution in [3.05, 3.63) is 52.6 Å². The minimum absolute atomic E-state index is 0.117. The summed E-state index contributed by atoms with van der Waals surface area (Å²) in [6.07, 6.45) is -3.07. The van der Waals surface area contributed by atoms with E-state index in [2.05, 4.69) is 10.3 Å². The van der Waals surface area contributed by atoms with Crippen LogP contribution in [0.4, 0.5) is 19.0 Å². The van der Waals surface area contributed by atoms with E-state index >= 15 is 0 Å². The summed E-state index contributed by atoms with van der Waals surface area (Å²) in [7, 11) is 0. The summed E-state index contributed by atoms with van der Waals surface area (Å²) in [6.45, 7) is 0.499. The van der Waals surface area contributed by atoms with Crippen molar-refractivity contribution in [2.75, 3.05) is 11.9 Å². The summed E-state index contributed by atoms with van der Waals surface area (Å²) in [5.41, 5.74) is -1.40. The number of rotatable bonds is 3. The first-order valence-electron chi connectivity index (χ1n) is 7.64. The van der Waals surface area contributed by atoms with Gasteiger partial charge in [-0.15, -0.1) is 0 Å². The lowest BCUT2D eigenvalue weighted by molar-refractivity contribution is -0.137. The first-order chi connectivity index (χ1) is 12.3. The van der Waals surface area contributed by atoms with Crippen molar-refractivity contribution in [3.8, 4) is 5.88 Å². The number of pyridine rings is 1. The number of aromatic nitrogens is 1. The average molecular weight is 366 g/mol. The van der Waals surface area contributed by atoms with Crippen LogP contribution in [0.5, 0.6) is 5.88 Å². The van der Waals surface area contributed by atoms with Crippen molar-refractivity contribution in [3.63, 3.8) is 0 Å². The number of nitrogens with one attached hydrogen (secondary N) is 1. The van der Waals surface area contributed by atoms with Crippen LogP contribution in [-0.4, -0.2) is 28.6 Å². The fraction of sp³-hybridized carbons (Fsp3) is 0.235. The molecule has 0 bridgehead atoms. The van der Waals surface area contributed by atoms with Crippen LogP contribution in [0, 0.1) is 0 Å². The van der Waals surface area contributed by atoms with Gasteiger partial charge in [-0.2, -0.15) is 18.2 Å². The Balaban J connectivity index is 1.89. The molecule has 0 saturated carbocycles. The largest absolute Gasteiger partial charge is 0.478 e. The van der Waals surface area contributed by atoms with E-state index in [4.69, 9.17) is 9.84 Å². The average Bonchev–Trinajstić information content (AvgIpc) is 2.60. The highest BCUT2D eigenvalue weighted by molar-refractivity contribution is 6.10. The number of hydrogen-bond donors (Lipinski definition) is 2. The predicted octanol–water partition coefficient (Wildman–Crippen LogP) is 3.38. The normalized spacial score (nSPS) is 13.5. The highest BCUT2D eigenvalue weighted by Gasteiger charge is 2.32. The molecule has 1 aromatic carbocycles. The molecule has 9 heteroatoms. The molecule has 0 spiro atoms. The highest BCUT2D eigenvalue weighted by Crippen LogP contribution is 2.31. The number of carbonyl (C=O) groups is 2. The number of amides is 1. The summed E-state index contributed by atoms with van der Waals surface area (Å²) in [5.74, 6) is -2.02. The molecule has 0 saturated heterocycles. The van der Waals surface area contributed by atoms with E-state index in [-0.39, 0.29) is 5.82 Å². The van der Waals surface area contributed by atoms with Gasteiger partial charge in [0.1, 0.15) is 5.82 Å². The van der Waals surface area contributed by atoms with Crippen LogP contribution < -0.4 is 10.1 Å². The second-order valence-electron chi connectivity index (χ2n) is 5.63. The number of halogens is 3. The first kappa shape index (κ1) is 17.7. The van der Waals surface area contributed by atoms with Gasteiger partial charge in [0.2, 0.25) is 5.88 Å². The van der Waals surface area contributed by atoms with Crippen LogP contribution >= 0.6 is 0 Å². The predicted molar refractivity (Wildman–Crippen MR) is 84.4 cm³/mol. The van der Waals surface area contributed by atoms with Crippen molar-refractivity contribution in [1.82, 2.24) is 4.98 Å². The number of anilines is 1. The van der Waals surface area contributed by atoms with Crippen molar-refractivity contribution < 1.29 is 32.6 Å². The van der Waals surface area contributed by atoms with E-state index in [0.717, 1.165) is 24.5 Å². The number of carbonyl (C=O) groups excluding carboxylic acids is 1. The molecule has 1 aliphatic heterocycles. The van der Waals surface area contributed by atoms with Crippen LogP contribution in [-0.2, 0) is 12.6 Å². The number of aromatic carboxylic acids is 1. The monoisotopic (exact) mass is 366 g/mol. The molecule has 2 aromatic rings. The van der Waals surface area contributed by atoms with Crippen LogP contribution in [0.25, 0.3) is 0 Å². The molecule has 0 fully saturated rings. The van der Waals surface area contributed by atoms with Gasteiger partial charge in [-0.05, 0) is 43.2 Å². The summed E-state index contributed by atoms with van der Waals surface area (Å²) < 4.78 is 43.6. The lowest BCUT2D eigenvalue weighted by Gasteiger charge is -2.17. The van der Waals surface area contributed by atoms with Crippen molar-refractivity contribution in [1.29, 1.82) is 0 Å². The van der Waals surface area contributed by atoms with Crippen LogP contribution in [0.2, 0.25) is 0 Å². The Bertz CT molecular complexity index is 881. The number of fused-ring (bicyclic) bond motifs is 1. The maximum Gasteiger partial charge on any atom is 0.416 e. The molecule has 3 rings (SSSR count). The van der Waals surface area contributed by atoms with Crippen molar-refractivity contribution in [2.24, 2.45) is 0 Å². The molecule has 0 radical (unpaired) electrons. The van der Waals surface area contributed by atoms with Gasteiger partial charge in [0.05, 0.1) is 23.3 Å². The van der Waals surface area contributed by atoms with Crippen LogP contribution in [0.1, 0.15) is 38.3 Å². The van der Waals surface area contributed by atoms with Crippen LogP contribution in [0.3, 0.4) is 0 Å². The second-order valence-corrected chi connectivity index (χ2v) is 5.63.